The lowest BCUT2D eigenvalue weighted by atomic mass is 10.0. The number of fused-ring (bicyclic) bond motifs is 1. The molecule has 4 nitrogen and oxygen atoms in total. The molecule has 0 radical (unpaired) electrons. The molecule has 0 saturated carbocycles. The minimum atomic E-state index is 0.936. The first-order chi connectivity index (χ1) is 9.70. The second-order valence-electron chi connectivity index (χ2n) is 5.19. The number of hydrogen-bond donors (Lipinski definition) is 2. The highest BCUT2D eigenvalue weighted by Gasteiger charge is 2.16. The van der Waals surface area contributed by atoms with Gasteiger partial charge in [-0.05, 0) is 20.0 Å². The summed E-state index contributed by atoms with van der Waals surface area (Å²) >= 11 is 0. The van der Waals surface area contributed by atoms with Crippen LogP contribution in [0.5, 0.6) is 0 Å². The van der Waals surface area contributed by atoms with Crippen molar-refractivity contribution in [2.24, 2.45) is 7.05 Å². The summed E-state index contributed by atoms with van der Waals surface area (Å²) in [5.74, 6) is 0. The summed E-state index contributed by atoms with van der Waals surface area (Å²) in [7, 11) is 3.95. The van der Waals surface area contributed by atoms with Crippen molar-refractivity contribution in [2.75, 3.05) is 13.6 Å². The van der Waals surface area contributed by atoms with Crippen LogP contribution in [-0.4, -0.2) is 28.4 Å². The first-order valence-corrected chi connectivity index (χ1v) is 6.95. The summed E-state index contributed by atoms with van der Waals surface area (Å²) in [6, 6.07) is 8.44. The highest BCUT2D eigenvalue weighted by atomic mass is 15.3. The predicted molar refractivity (Wildman–Crippen MR) is 82.9 cm³/mol. The molecule has 0 aliphatic carbocycles. The van der Waals surface area contributed by atoms with E-state index in [1.165, 1.54) is 27.7 Å². The molecule has 3 rings (SSSR count). The summed E-state index contributed by atoms with van der Waals surface area (Å²) in [5, 5.41) is 9.07. The lowest BCUT2D eigenvalue weighted by Crippen LogP contribution is -2.11. The zero-order valence-electron chi connectivity index (χ0n) is 12.2. The van der Waals surface area contributed by atoms with Crippen LogP contribution in [0.2, 0.25) is 0 Å². The Balaban J connectivity index is 2.17. The minimum Gasteiger partial charge on any atom is -0.358 e. The van der Waals surface area contributed by atoms with Crippen molar-refractivity contribution in [1.29, 1.82) is 0 Å². The highest BCUT2D eigenvalue weighted by Crippen LogP contribution is 2.33. The molecule has 0 bridgehead atoms. The number of rotatable bonds is 4. The maximum atomic E-state index is 4.61. The molecule has 0 saturated heterocycles. The van der Waals surface area contributed by atoms with E-state index >= 15 is 0 Å². The van der Waals surface area contributed by atoms with Crippen molar-refractivity contribution in [3.8, 4) is 11.1 Å². The molecular weight excluding hydrogens is 248 g/mol. The van der Waals surface area contributed by atoms with Crippen molar-refractivity contribution in [2.45, 2.75) is 13.3 Å². The molecular formula is C16H20N4. The maximum absolute atomic E-state index is 4.61. The van der Waals surface area contributed by atoms with Gasteiger partial charge in [0.15, 0.2) is 0 Å². The van der Waals surface area contributed by atoms with E-state index in [1.54, 1.807) is 0 Å². The fourth-order valence-corrected chi connectivity index (χ4v) is 2.80. The molecule has 0 aliphatic heterocycles. The van der Waals surface area contributed by atoms with Gasteiger partial charge in [0.05, 0.1) is 5.69 Å². The average Bonchev–Trinajstić information content (AvgIpc) is 2.95. The molecule has 0 unspecified atom stereocenters. The molecule has 2 N–H and O–H groups in total. The van der Waals surface area contributed by atoms with Crippen LogP contribution in [0.3, 0.4) is 0 Å². The van der Waals surface area contributed by atoms with Crippen LogP contribution < -0.4 is 5.32 Å². The molecule has 0 aliphatic rings. The van der Waals surface area contributed by atoms with E-state index in [0.29, 0.717) is 0 Å². The van der Waals surface area contributed by atoms with Gasteiger partial charge in [0.2, 0.25) is 0 Å². The molecule has 2 heterocycles. The van der Waals surface area contributed by atoms with E-state index < -0.39 is 0 Å². The molecule has 20 heavy (non-hydrogen) atoms. The van der Waals surface area contributed by atoms with Gasteiger partial charge in [-0.25, -0.2) is 0 Å². The molecule has 0 spiro atoms. The van der Waals surface area contributed by atoms with Gasteiger partial charge in [-0.15, -0.1) is 0 Å². The lowest BCUT2D eigenvalue weighted by molar-refractivity contribution is 0.717. The third-order valence-corrected chi connectivity index (χ3v) is 3.68. The predicted octanol–water partition coefficient (Wildman–Crippen LogP) is 2.64. The third-order valence-electron chi connectivity index (χ3n) is 3.68. The van der Waals surface area contributed by atoms with Gasteiger partial charge in [0.25, 0.3) is 0 Å². The second kappa shape index (κ2) is 5.13. The zero-order chi connectivity index (χ0) is 14.1. The minimum absolute atomic E-state index is 0.936. The summed E-state index contributed by atoms with van der Waals surface area (Å²) in [6.07, 6.45) is 3.05. The Morgan fingerprint density at radius 1 is 1.30 bits per heavy atom. The second-order valence-corrected chi connectivity index (χ2v) is 5.19. The fourth-order valence-electron chi connectivity index (χ4n) is 2.80. The Hall–Kier alpha value is -2.07. The van der Waals surface area contributed by atoms with Crippen molar-refractivity contribution < 1.29 is 0 Å². The average molecular weight is 268 g/mol. The van der Waals surface area contributed by atoms with Crippen LogP contribution in [-0.2, 0) is 13.5 Å². The van der Waals surface area contributed by atoms with Crippen LogP contribution in [0.25, 0.3) is 22.0 Å². The topological polar surface area (TPSA) is 45.6 Å². The normalized spacial score (nSPS) is 11.3. The number of benzene rings is 1. The van der Waals surface area contributed by atoms with Crippen LogP contribution in [0, 0.1) is 6.92 Å². The summed E-state index contributed by atoms with van der Waals surface area (Å²) < 4.78 is 1.90. The van der Waals surface area contributed by atoms with Crippen molar-refractivity contribution in [1.82, 2.24) is 20.1 Å². The molecule has 3 aromatic rings. The van der Waals surface area contributed by atoms with Gasteiger partial charge in [-0.3, -0.25) is 4.68 Å². The zero-order valence-corrected chi connectivity index (χ0v) is 12.2. The quantitative estimate of drug-likeness (QED) is 0.764. The maximum Gasteiger partial charge on any atom is 0.0716 e. The van der Waals surface area contributed by atoms with Crippen molar-refractivity contribution >= 4 is 10.9 Å². The number of aryl methyl sites for hydroxylation is 2. The van der Waals surface area contributed by atoms with Gasteiger partial charge in [-0.1, -0.05) is 18.2 Å². The number of hydrogen-bond acceptors (Lipinski definition) is 2. The SMILES string of the molecule is CNCCc1nn(C)cc1-c1c(C)[nH]c2ccccc12. The van der Waals surface area contributed by atoms with E-state index in [2.05, 4.69) is 52.8 Å². The van der Waals surface area contributed by atoms with Gasteiger partial charge in [0, 0.05) is 53.9 Å². The third kappa shape index (κ3) is 2.12. The Morgan fingerprint density at radius 3 is 2.90 bits per heavy atom. The molecule has 0 atom stereocenters. The Bertz CT molecular complexity index is 736. The Labute approximate surface area is 118 Å². The number of aromatic nitrogens is 3. The number of nitrogens with zero attached hydrogens (tertiary/aromatic N) is 2. The highest BCUT2D eigenvalue weighted by molar-refractivity contribution is 5.97. The van der Waals surface area contributed by atoms with Gasteiger partial charge < -0.3 is 10.3 Å². The summed E-state index contributed by atoms with van der Waals surface area (Å²) in [4.78, 5) is 3.47. The van der Waals surface area contributed by atoms with E-state index in [9.17, 15) is 0 Å². The van der Waals surface area contributed by atoms with Gasteiger partial charge in [0.1, 0.15) is 0 Å². The van der Waals surface area contributed by atoms with E-state index in [-0.39, 0.29) is 0 Å². The smallest absolute Gasteiger partial charge is 0.0716 e. The number of likely N-dealkylation sites (N-methyl/N-ethyl adjacent to an activating group) is 1. The van der Waals surface area contributed by atoms with Crippen LogP contribution in [0.4, 0.5) is 0 Å². The Morgan fingerprint density at radius 2 is 2.10 bits per heavy atom. The van der Waals surface area contributed by atoms with Crippen LogP contribution in [0.1, 0.15) is 11.4 Å². The fraction of sp³-hybridized carbons (Fsp3) is 0.312. The van der Waals surface area contributed by atoms with Crippen LogP contribution in [0.15, 0.2) is 30.5 Å². The molecule has 1 aromatic carbocycles. The number of H-pyrrole nitrogens is 1. The van der Waals surface area contributed by atoms with Gasteiger partial charge >= 0.3 is 0 Å². The summed E-state index contributed by atoms with van der Waals surface area (Å²) in [5.41, 5.74) is 6.04. The van der Waals surface area contributed by atoms with Gasteiger partial charge in [-0.2, -0.15) is 5.10 Å². The van der Waals surface area contributed by atoms with E-state index in [1.807, 2.05) is 18.8 Å². The first kappa shape index (κ1) is 12.9. The van der Waals surface area contributed by atoms with E-state index in [0.717, 1.165) is 18.7 Å². The monoisotopic (exact) mass is 268 g/mol. The number of para-hydroxylation sites is 1. The molecule has 0 fully saturated rings. The largest absolute Gasteiger partial charge is 0.358 e. The standard InChI is InChI=1S/C16H20N4/c1-11-16(12-6-4-5-7-14(12)18-11)13-10-20(3)19-15(13)8-9-17-2/h4-7,10,17-18H,8-9H2,1-3H3. The summed E-state index contributed by atoms with van der Waals surface area (Å²) in [6.45, 7) is 3.07. The van der Waals surface area contributed by atoms with Crippen LogP contribution >= 0.6 is 0 Å². The number of nitrogens with one attached hydrogen (secondary N) is 2. The lowest BCUT2D eigenvalue weighted by Gasteiger charge is -2.03. The van der Waals surface area contributed by atoms with E-state index in [4.69, 9.17) is 0 Å². The Kier molecular flexibility index (Phi) is 3.32. The first-order valence-electron chi connectivity index (χ1n) is 6.95. The van der Waals surface area contributed by atoms with Crippen molar-refractivity contribution in [3.05, 3.63) is 41.9 Å². The molecule has 4 heteroatoms. The van der Waals surface area contributed by atoms with Crippen molar-refractivity contribution in [3.63, 3.8) is 0 Å². The molecule has 0 amide bonds. The number of aromatic amines is 1. The molecule has 2 aromatic heterocycles. The molecule has 104 valence electrons.